The van der Waals surface area contributed by atoms with E-state index in [1.807, 2.05) is 30.3 Å². The predicted molar refractivity (Wildman–Crippen MR) is 107 cm³/mol. The number of halogens is 4. The second-order valence-corrected chi connectivity index (χ2v) is 6.36. The van der Waals surface area contributed by atoms with E-state index in [2.05, 4.69) is 10.1 Å². The van der Waals surface area contributed by atoms with Crippen LogP contribution in [0.3, 0.4) is 0 Å². The average Bonchev–Trinajstić information content (AvgIpc) is 3.10. The number of ether oxygens (including phenoxy) is 1. The molecule has 0 saturated carbocycles. The molecule has 0 fully saturated rings. The van der Waals surface area contributed by atoms with Crippen LogP contribution in [0, 0.1) is 0 Å². The number of nitrogens with zero attached hydrogens (tertiary/aromatic N) is 3. The van der Waals surface area contributed by atoms with Gasteiger partial charge in [-0.1, -0.05) is 24.3 Å². The van der Waals surface area contributed by atoms with Gasteiger partial charge in [0.05, 0.1) is 30.9 Å². The molecular formula is C21H17ClF3N3O. The Bertz CT molecular complexity index is 1120. The number of rotatable bonds is 4. The molecule has 0 radical (unpaired) electrons. The number of hydrogen-bond acceptors (Lipinski definition) is 3. The monoisotopic (exact) mass is 419 g/mol. The number of pyridine rings is 1. The standard InChI is InChI=1S/C21H16F3N3O.ClH/c1-28-18-7-5-14(6-8-18)13-27-20-10-16(11-25-19(20)12-26-27)15-3-2-4-17(9-15)21(22,23)24;/h2-12H,13H2,1H3;1H. The summed E-state index contributed by atoms with van der Waals surface area (Å²) in [6, 6.07) is 14.7. The lowest BCUT2D eigenvalue weighted by molar-refractivity contribution is -0.137. The molecule has 0 atom stereocenters. The molecule has 2 aromatic heterocycles. The van der Waals surface area contributed by atoms with E-state index in [1.165, 1.54) is 6.07 Å². The minimum absolute atomic E-state index is 0. The van der Waals surface area contributed by atoms with Crippen molar-refractivity contribution in [1.82, 2.24) is 14.8 Å². The summed E-state index contributed by atoms with van der Waals surface area (Å²) in [6.07, 6.45) is -1.17. The summed E-state index contributed by atoms with van der Waals surface area (Å²) in [7, 11) is 1.61. The summed E-state index contributed by atoms with van der Waals surface area (Å²) < 4.78 is 46.0. The predicted octanol–water partition coefficient (Wildman–Crippen LogP) is 5.60. The van der Waals surface area contributed by atoms with Gasteiger partial charge in [0.25, 0.3) is 0 Å². The molecule has 0 saturated heterocycles. The van der Waals surface area contributed by atoms with E-state index >= 15 is 0 Å². The fourth-order valence-corrected chi connectivity index (χ4v) is 3.02. The molecule has 4 nitrogen and oxygen atoms in total. The molecule has 0 unspecified atom stereocenters. The number of fused-ring (bicyclic) bond motifs is 1. The van der Waals surface area contributed by atoms with E-state index in [9.17, 15) is 13.2 Å². The molecule has 150 valence electrons. The second-order valence-electron chi connectivity index (χ2n) is 6.36. The Morgan fingerprint density at radius 3 is 2.41 bits per heavy atom. The number of alkyl halides is 3. The fourth-order valence-electron chi connectivity index (χ4n) is 3.02. The van der Waals surface area contributed by atoms with Gasteiger partial charge in [-0.3, -0.25) is 9.67 Å². The van der Waals surface area contributed by atoms with Gasteiger partial charge in [-0.2, -0.15) is 18.3 Å². The third kappa shape index (κ3) is 4.35. The normalized spacial score (nSPS) is 11.3. The lowest BCUT2D eigenvalue weighted by Gasteiger charge is -2.09. The van der Waals surface area contributed by atoms with Crippen molar-refractivity contribution in [3.05, 3.63) is 78.1 Å². The molecule has 8 heteroatoms. The van der Waals surface area contributed by atoms with Gasteiger partial charge < -0.3 is 4.74 Å². The van der Waals surface area contributed by atoms with Gasteiger partial charge in [0, 0.05) is 11.8 Å². The first-order chi connectivity index (χ1) is 13.4. The van der Waals surface area contributed by atoms with Gasteiger partial charge in [0.1, 0.15) is 11.3 Å². The molecule has 0 aliphatic rings. The van der Waals surface area contributed by atoms with Crippen LogP contribution in [-0.4, -0.2) is 21.9 Å². The van der Waals surface area contributed by atoms with Crippen molar-refractivity contribution in [3.8, 4) is 16.9 Å². The highest BCUT2D eigenvalue weighted by Gasteiger charge is 2.30. The molecule has 0 spiro atoms. The van der Waals surface area contributed by atoms with Crippen LogP contribution in [0.4, 0.5) is 13.2 Å². The molecule has 2 aromatic carbocycles. The molecule has 0 aliphatic heterocycles. The molecule has 0 amide bonds. The molecule has 0 bridgehead atoms. The zero-order chi connectivity index (χ0) is 19.7. The fraction of sp³-hybridized carbons (Fsp3) is 0.143. The average molecular weight is 420 g/mol. The zero-order valence-electron chi connectivity index (χ0n) is 15.3. The summed E-state index contributed by atoms with van der Waals surface area (Å²) in [5.41, 5.74) is 2.85. The Balaban J connectivity index is 0.00000240. The lowest BCUT2D eigenvalue weighted by Crippen LogP contribution is -2.04. The minimum Gasteiger partial charge on any atom is -0.497 e. The lowest BCUT2D eigenvalue weighted by atomic mass is 10.0. The number of aromatic nitrogens is 3. The van der Waals surface area contributed by atoms with Gasteiger partial charge in [0.2, 0.25) is 0 Å². The highest BCUT2D eigenvalue weighted by molar-refractivity contribution is 5.85. The van der Waals surface area contributed by atoms with Crippen molar-refractivity contribution in [1.29, 1.82) is 0 Å². The molecule has 0 aliphatic carbocycles. The molecule has 2 heterocycles. The number of methoxy groups -OCH3 is 1. The maximum absolute atomic E-state index is 13.0. The van der Waals surface area contributed by atoms with Gasteiger partial charge in [0.15, 0.2) is 0 Å². The van der Waals surface area contributed by atoms with E-state index in [-0.39, 0.29) is 12.4 Å². The van der Waals surface area contributed by atoms with Crippen LogP contribution in [-0.2, 0) is 12.7 Å². The van der Waals surface area contributed by atoms with Gasteiger partial charge in [-0.05, 0) is 41.5 Å². The first kappa shape index (κ1) is 20.7. The Kier molecular flexibility index (Phi) is 5.79. The van der Waals surface area contributed by atoms with Crippen LogP contribution in [0.2, 0.25) is 0 Å². The number of benzene rings is 2. The van der Waals surface area contributed by atoms with E-state index in [4.69, 9.17) is 4.74 Å². The Hall–Kier alpha value is -3.06. The van der Waals surface area contributed by atoms with Gasteiger partial charge >= 0.3 is 6.18 Å². The molecule has 29 heavy (non-hydrogen) atoms. The van der Waals surface area contributed by atoms with Crippen LogP contribution in [0.25, 0.3) is 22.2 Å². The smallest absolute Gasteiger partial charge is 0.416 e. The van der Waals surface area contributed by atoms with E-state index < -0.39 is 11.7 Å². The Morgan fingerprint density at radius 1 is 0.966 bits per heavy atom. The van der Waals surface area contributed by atoms with Crippen LogP contribution in [0.15, 0.2) is 67.0 Å². The van der Waals surface area contributed by atoms with Gasteiger partial charge in [-0.15, -0.1) is 12.4 Å². The molecule has 0 N–H and O–H groups in total. The van der Waals surface area contributed by atoms with Crippen LogP contribution in [0.5, 0.6) is 5.75 Å². The van der Waals surface area contributed by atoms with Crippen molar-refractivity contribution in [2.24, 2.45) is 0 Å². The maximum atomic E-state index is 13.0. The van der Waals surface area contributed by atoms with Crippen molar-refractivity contribution in [2.75, 3.05) is 7.11 Å². The highest BCUT2D eigenvalue weighted by atomic mass is 35.5. The summed E-state index contributed by atoms with van der Waals surface area (Å²) >= 11 is 0. The van der Waals surface area contributed by atoms with Crippen LogP contribution < -0.4 is 4.74 Å². The third-order valence-electron chi connectivity index (χ3n) is 4.51. The maximum Gasteiger partial charge on any atom is 0.416 e. The third-order valence-corrected chi connectivity index (χ3v) is 4.51. The minimum atomic E-state index is -4.39. The van der Waals surface area contributed by atoms with Gasteiger partial charge in [-0.25, -0.2) is 0 Å². The van der Waals surface area contributed by atoms with Crippen LogP contribution >= 0.6 is 12.4 Å². The van der Waals surface area contributed by atoms with Crippen molar-refractivity contribution in [2.45, 2.75) is 12.7 Å². The Labute approximate surface area is 171 Å². The second kappa shape index (κ2) is 8.13. The molecule has 4 aromatic rings. The highest BCUT2D eigenvalue weighted by Crippen LogP contribution is 2.32. The van der Waals surface area contributed by atoms with Crippen LogP contribution in [0.1, 0.15) is 11.1 Å². The summed E-state index contributed by atoms with van der Waals surface area (Å²) in [4.78, 5) is 4.35. The largest absolute Gasteiger partial charge is 0.497 e. The van der Waals surface area contributed by atoms with Crippen molar-refractivity contribution in [3.63, 3.8) is 0 Å². The topological polar surface area (TPSA) is 39.9 Å². The van der Waals surface area contributed by atoms with E-state index in [0.29, 0.717) is 23.2 Å². The first-order valence-corrected chi connectivity index (χ1v) is 8.56. The van der Waals surface area contributed by atoms with Crippen molar-refractivity contribution >= 4 is 23.4 Å². The SMILES string of the molecule is COc1ccc(Cn2ncc3ncc(-c4cccc(C(F)(F)F)c4)cc32)cc1.Cl. The first-order valence-electron chi connectivity index (χ1n) is 8.56. The molecular weight excluding hydrogens is 403 g/mol. The Morgan fingerprint density at radius 2 is 1.72 bits per heavy atom. The van der Waals surface area contributed by atoms with E-state index in [1.54, 1.807) is 30.3 Å². The van der Waals surface area contributed by atoms with E-state index in [0.717, 1.165) is 29.0 Å². The quantitative estimate of drug-likeness (QED) is 0.432. The summed E-state index contributed by atoms with van der Waals surface area (Å²) in [5, 5.41) is 4.37. The summed E-state index contributed by atoms with van der Waals surface area (Å²) in [6.45, 7) is 0.515. The number of hydrogen-bond donors (Lipinski definition) is 0. The molecule has 4 rings (SSSR count). The zero-order valence-corrected chi connectivity index (χ0v) is 16.2. The van der Waals surface area contributed by atoms with Crippen molar-refractivity contribution < 1.29 is 17.9 Å². The summed E-state index contributed by atoms with van der Waals surface area (Å²) in [5.74, 6) is 0.766.